The molecular formula is C34H29FN2O6. The van der Waals surface area contributed by atoms with Gasteiger partial charge < -0.3 is 29.4 Å². The molecule has 1 aliphatic rings. The molecule has 4 aromatic carbocycles. The number of hydrogen-bond donors (Lipinski definition) is 1. The molecule has 2 N–H and O–H groups in total. The number of halogens is 1. The van der Waals surface area contributed by atoms with E-state index in [0.29, 0.717) is 35.2 Å². The van der Waals surface area contributed by atoms with E-state index in [9.17, 15) is 14.4 Å². The topological polar surface area (TPSA) is 113 Å². The zero-order valence-corrected chi connectivity index (χ0v) is 23.6. The van der Waals surface area contributed by atoms with Crippen LogP contribution < -0.4 is 29.4 Å². The molecule has 0 aromatic heterocycles. The van der Waals surface area contributed by atoms with Gasteiger partial charge >= 0.3 is 5.97 Å². The number of benzene rings is 4. The lowest BCUT2D eigenvalue weighted by Gasteiger charge is -2.27. The summed E-state index contributed by atoms with van der Waals surface area (Å²) in [7, 11) is 1.58. The summed E-state index contributed by atoms with van der Waals surface area (Å²) in [4.78, 5) is 12.6. The van der Waals surface area contributed by atoms with E-state index in [2.05, 4.69) is 6.07 Å². The molecule has 0 saturated carbocycles. The van der Waals surface area contributed by atoms with Gasteiger partial charge in [0.2, 0.25) is 5.88 Å². The fourth-order valence-corrected chi connectivity index (χ4v) is 4.75. The van der Waals surface area contributed by atoms with Gasteiger partial charge in [-0.15, -0.1) is 0 Å². The first-order valence-electron chi connectivity index (χ1n) is 13.6. The normalized spacial score (nSPS) is 13.8. The van der Waals surface area contributed by atoms with E-state index < -0.39 is 11.9 Å². The van der Waals surface area contributed by atoms with E-state index in [1.807, 2.05) is 13.0 Å². The third kappa shape index (κ3) is 6.71. The molecule has 0 fully saturated rings. The molecule has 5 rings (SSSR count). The third-order valence-corrected chi connectivity index (χ3v) is 6.84. The second-order valence-electron chi connectivity index (χ2n) is 9.68. The van der Waals surface area contributed by atoms with Crippen LogP contribution in [0.25, 0.3) is 0 Å². The smallest absolute Gasteiger partial charge is 0.315 e. The number of hydrogen-bond acceptors (Lipinski definition) is 8. The first kappa shape index (κ1) is 29.0. The van der Waals surface area contributed by atoms with Crippen molar-refractivity contribution >= 4 is 5.97 Å². The van der Waals surface area contributed by atoms with E-state index in [0.717, 1.165) is 16.7 Å². The van der Waals surface area contributed by atoms with Crippen LogP contribution in [-0.4, -0.2) is 19.7 Å². The second kappa shape index (κ2) is 13.0. The summed E-state index contributed by atoms with van der Waals surface area (Å²) in [5, 5.41) is 9.99. The van der Waals surface area contributed by atoms with Crippen molar-refractivity contribution in [2.45, 2.75) is 25.9 Å². The van der Waals surface area contributed by atoms with Gasteiger partial charge in [-0.1, -0.05) is 36.4 Å². The van der Waals surface area contributed by atoms with Crippen LogP contribution in [0.15, 0.2) is 96.4 Å². The highest BCUT2D eigenvalue weighted by atomic mass is 19.1. The highest BCUT2D eigenvalue weighted by molar-refractivity contribution is 5.75. The molecule has 8 nitrogen and oxygen atoms in total. The Labute approximate surface area is 248 Å². The van der Waals surface area contributed by atoms with E-state index in [1.54, 1.807) is 73.8 Å². The number of fused-ring (bicyclic) bond motifs is 1. The van der Waals surface area contributed by atoms with Crippen molar-refractivity contribution in [1.82, 2.24) is 0 Å². The molecule has 0 bridgehead atoms. The zero-order chi connectivity index (χ0) is 30.3. The average molecular weight is 581 g/mol. The van der Waals surface area contributed by atoms with E-state index in [4.69, 9.17) is 29.4 Å². The first-order valence-corrected chi connectivity index (χ1v) is 13.6. The summed E-state index contributed by atoms with van der Waals surface area (Å²) < 4.78 is 41.7. The summed E-state index contributed by atoms with van der Waals surface area (Å²) >= 11 is 0. The van der Waals surface area contributed by atoms with Crippen molar-refractivity contribution in [2.75, 3.05) is 13.7 Å². The van der Waals surface area contributed by atoms with Gasteiger partial charge in [0.15, 0.2) is 11.5 Å². The van der Waals surface area contributed by atoms with Crippen molar-refractivity contribution in [3.05, 3.63) is 124 Å². The highest BCUT2D eigenvalue weighted by Crippen LogP contribution is 2.45. The fraction of sp³-hybridized carbons (Fsp3) is 0.176. The maximum atomic E-state index is 13.3. The van der Waals surface area contributed by atoms with Gasteiger partial charge in [0.25, 0.3) is 0 Å². The molecule has 0 spiro atoms. The number of rotatable bonds is 10. The van der Waals surface area contributed by atoms with Gasteiger partial charge in [0.1, 0.15) is 41.3 Å². The molecule has 0 aliphatic carbocycles. The molecular weight excluding hydrogens is 551 g/mol. The number of ether oxygens (including phenoxy) is 5. The minimum Gasteiger partial charge on any atom is -0.497 e. The number of methoxy groups -OCH3 is 1. The number of carbonyl (C=O) groups excluding carboxylic acids is 1. The van der Waals surface area contributed by atoms with Crippen LogP contribution in [0.4, 0.5) is 4.39 Å². The van der Waals surface area contributed by atoms with Crippen molar-refractivity contribution in [2.24, 2.45) is 5.73 Å². The van der Waals surface area contributed by atoms with Crippen LogP contribution >= 0.6 is 0 Å². The molecule has 43 heavy (non-hydrogen) atoms. The largest absolute Gasteiger partial charge is 0.497 e. The van der Waals surface area contributed by atoms with Crippen molar-refractivity contribution in [1.29, 1.82) is 5.26 Å². The lowest BCUT2D eigenvalue weighted by atomic mass is 9.83. The maximum absolute atomic E-state index is 13.3. The van der Waals surface area contributed by atoms with Crippen molar-refractivity contribution in [3.63, 3.8) is 0 Å². The van der Waals surface area contributed by atoms with Gasteiger partial charge in [-0.2, -0.15) is 5.26 Å². The number of nitrogens with two attached hydrogens (primary N) is 1. The summed E-state index contributed by atoms with van der Waals surface area (Å²) in [6.45, 7) is 2.46. The average Bonchev–Trinajstić information content (AvgIpc) is 3.01. The van der Waals surface area contributed by atoms with Gasteiger partial charge in [-0.25, -0.2) is 4.39 Å². The number of allylic oxidation sites excluding steroid dienone is 1. The summed E-state index contributed by atoms with van der Waals surface area (Å²) in [5.41, 5.74) is 9.40. The quantitative estimate of drug-likeness (QED) is 0.175. The molecule has 0 saturated heterocycles. The van der Waals surface area contributed by atoms with Gasteiger partial charge in [0, 0.05) is 11.6 Å². The Bertz CT molecular complexity index is 1690. The molecule has 1 heterocycles. The molecule has 0 amide bonds. The molecule has 4 aromatic rings. The SMILES string of the molecule is CCOc1cc(C2C(C#N)=C(N)Oc3cc(OC(=O)Cc4ccc(OC)cc4)ccc32)ccc1OCc1ccc(F)cc1. The Hall–Kier alpha value is -5.49. The second-order valence-corrected chi connectivity index (χ2v) is 9.68. The Kier molecular flexibility index (Phi) is 8.77. The fourth-order valence-electron chi connectivity index (χ4n) is 4.75. The lowest BCUT2D eigenvalue weighted by molar-refractivity contribution is -0.133. The molecule has 218 valence electrons. The number of nitrogens with zero attached hydrogens (tertiary/aromatic N) is 1. The minimum atomic E-state index is -0.567. The Morgan fingerprint density at radius 2 is 1.65 bits per heavy atom. The van der Waals surface area contributed by atoms with Gasteiger partial charge in [-0.05, 0) is 66.1 Å². The first-order chi connectivity index (χ1) is 20.9. The van der Waals surface area contributed by atoms with Crippen LogP contribution in [0.1, 0.15) is 35.1 Å². The predicted molar refractivity (Wildman–Crippen MR) is 156 cm³/mol. The van der Waals surface area contributed by atoms with Gasteiger partial charge in [0.05, 0.1) is 26.1 Å². The zero-order valence-electron chi connectivity index (χ0n) is 23.6. The van der Waals surface area contributed by atoms with E-state index >= 15 is 0 Å². The number of carbonyl (C=O) groups is 1. The Morgan fingerprint density at radius 1 is 0.930 bits per heavy atom. The monoisotopic (exact) mass is 580 g/mol. The van der Waals surface area contributed by atoms with E-state index in [-0.39, 0.29) is 36.1 Å². The van der Waals surface area contributed by atoms with Crippen LogP contribution in [0.5, 0.6) is 28.7 Å². The van der Waals surface area contributed by atoms with E-state index in [1.165, 1.54) is 12.1 Å². The summed E-state index contributed by atoms with van der Waals surface area (Å²) in [5.74, 6) is 0.943. The molecule has 1 unspecified atom stereocenters. The molecule has 1 atom stereocenters. The summed E-state index contributed by atoms with van der Waals surface area (Å²) in [6.07, 6.45) is 0.0704. The van der Waals surface area contributed by atoms with Crippen molar-refractivity contribution < 1.29 is 32.9 Å². The van der Waals surface area contributed by atoms with Crippen LogP contribution in [-0.2, 0) is 17.8 Å². The van der Waals surface area contributed by atoms with Crippen LogP contribution in [0.2, 0.25) is 0 Å². The Morgan fingerprint density at radius 3 is 2.35 bits per heavy atom. The van der Waals surface area contributed by atoms with Gasteiger partial charge in [-0.3, -0.25) is 4.79 Å². The lowest BCUT2D eigenvalue weighted by Crippen LogP contribution is -2.21. The predicted octanol–water partition coefficient (Wildman–Crippen LogP) is 6.18. The maximum Gasteiger partial charge on any atom is 0.315 e. The number of esters is 1. The summed E-state index contributed by atoms with van der Waals surface area (Å²) in [6, 6.07) is 25.8. The molecule has 9 heteroatoms. The third-order valence-electron chi connectivity index (χ3n) is 6.84. The Balaban J connectivity index is 1.39. The van der Waals surface area contributed by atoms with Crippen molar-refractivity contribution in [3.8, 4) is 34.8 Å². The number of nitriles is 1. The van der Waals surface area contributed by atoms with Crippen LogP contribution in [0.3, 0.4) is 0 Å². The standard InChI is InChI=1S/C34H29FN2O6/c1-3-40-31-17-23(8-15-29(31)41-20-22-4-9-24(35)10-5-22)33-27-14-13-26(18-30(27)43-34(37)28(33)19-36)42-32(38)16-21-6-11-25(39-2)12-7-21/h4-15,17-18,33H,3,16,20,37H2,1-2H3. The minimum absolute atomic E-state index is 0.0451. The molecule has 1 aliphatic heterocycles. The molecule has 0 radical (unpaired) electrons. The van der Waals surface area contributed by atoms with Crippen LogP contribution in [0, 0.1) is 17.1 Å². The highest BCUT2D eigenvalue weighted by Gasteiger charge is 2.32.